The van der Waals surface area contributed by atoms with Crippen LogP contribution in [0, 0.1) is 6.92 Å². The van der Waals surface area contributed by atoms with Crippen LogP contribution in [0.1, 0.15) is 31.9 Å². The maximum absolute atomic E-state index is 5.96. The molecule has 0 amide bonds. The van der Waals surface area contributed by atoms with E-state index < -0.39 is 0 Å². The fourth-order valence-electron chi connectivity index (χ4n) is 2.36. The first-order valence-corrected chi connectivity index (χ1v) is 7.37. The third-order valence-corrected chi connectivity index (χ3v) is 4.55. The summed E-state index contributed by atoms with van der Waals surface area (Å²) < 4.78 is 0. The molecular weight excluding hydrogens is 230 g/mol. The molecule has 1 aliphatic rings. The smallest absolute Gasteiger partial charge is 0.149 e. The minimum atomic E-state index is 0.525. The number of nitrogens with zero attached hydrogens (tertiary/aromatic N) is 1. The molecular formula is C13H21N3S. The van der Waals surface area contributed by atoms with Gasteiger partial charge < -0.3 is 11.1 Å². The normalized spacial score (nSPS) is 23.9. The number of pyridine rings is 1. The van der Waals surface area contributed by atoms with Crippen LogP contribution in [-0.4, -0.2) is 22.0 Å². The van der Waals surface area contributed by atoms with Gasteiger partial charge in [-0.2, -0.15) is 11.8 Å². The molecule has 17 heavy (non-hydrogen) atoms. The molecule has 2 atom stereocenters. The number of thioether (sulfide) groups is 1. The second-order valence-electron chi connectivity index (χ2n) is 4.57. The van der Waals surface area contributed by atoms with Crippen molar-refractivity contribution in [3.05, 3.63) is 17.8 Å². The molecule has 1 aromatic rings. The molecule has 2 rings (SSSR count). The molecule has 1 aliphatic carbocycles. The summed E-state index contributed by atoms with van der Waals surface area (Å²) in [7, 11) is 0. The lowest BCUT2D eigenvalue weighted by Crippen LogP contribution is -2.27. The molecule has 1 saturated carbocycles. The minimum Gasteiger partial charge on any atom is -0.396 e. The average molecular weight is 251 g/mol. The Morgan fingerprint density at radius 1 is 1.47 bits per heavy atom. The largest absolute Gasteiger partial charge is 0.396 e. The number of aryl methyl sites for hydroxylation is 1. The zero-order chi connectivity index (χ0) is 12.3. The van der Waals surface area contributed by atoms with E-state index in [1.807, 2.05) is 30.8 Å². The number of hydrogen-bond donors (Lipinski definition) is 2. The highest BCUT2D eigenvalue weighted by atomic mass is 32.2. The van der Waals surface area contributed by atoms with Gasteiger partial charge in [0, 0.05) is 17.0 Å². The van der Waals surface area contributed by atoms with Gasteiger partial charge in [0.2, 0.25) is 0 Å². The SMILES string of the molecule is CCSC1CCCC1Nc1nc(C)ccc1N. The number of nitrogens with one attached hydrogen (secondary N) is 1. The Morgan fingerprint density at radius 2 is 2.29 bits per heavy atom. The Morgan fingerprint density at radius 3 is 3.06 bits per heavy atom. The number of nitrogens with two attached hydrogens (primary N) is 1. The van der Waals surface area contributed by atoms with E-state index in [1.54, 1.807) is 0 Å². The lowest BCUT2D eigenvalue weighted by molar-refractivity contribution is 0.762. The lowest BCUT2D eigenvalue weighted by atomic mass is 10.2. The van der Waals surface area contributed by atoms with Gasteiger partial charge in [-0.25, -0.2) is 4.98 Å². The van der Waals surface area contributed by atoms with E-state index in [9.17, 15) is 0 Å². The second kappa shape index (κ2) is 5.63. The van der Waals surface area contributed by atoms with Crippen molar-refractivity contribution in [2.24, 2.45) is 0 Å². The molecule has 0 bridgehead atoms. The summed E-state index contributed by atoms with van der Waals surface area (Å²) in [6, 6.07) is 4.41. The fraction of sp³-hybridized carbons (Fsp3) is 0.615. The van der Waals surface area contributed by atoms with Gasteiger partial charge in [0.25, 0.3) is 0 Å². The molecule has 0 aliphatic heterocycles. The van der Waals surface area contributed by atoms with Crippen molar-refractivity contribution in [1.29, 1.82) is 0 Å². The molecule has 2 unspecified atom stereocenters. The van der Waals surface area contributed by atoms with Crippen molar-refractivity contribution in [2.75, 3.05) is 16.8 Å². The maximum atomic E-state index is 5.96. The number of anilines is 2. The predicted octanol–water partition coefficient (Wildman–Crippen LogP) is 3.06. The van der Waals surface area contributed by atoms with Crippen LogP contribution in [0.4, 0.5) is 11.5 Å². The molecule has 4 heteroatoms. The first-order valence-electron chi connectivity index (χ1n) is 6.32. The van der Waals surface area contributed by atoms with Gasteiger partial charge in [0.05, 0.1) is 5.69 Å². The quantitative estimate of drug-likeness (QED) is 0.863. The number of aromatic nitrogens is 1. The molecule has 3 nitrogen and oxygen atoms in total. The molecule has 3 N–H and O–H groups in total. The van der Waals surface area contributed by atoms with Gasteiger partial charge in [0.15, 0.2) is 0 Å². The van der Waals surface area contributed by atoms with E-state index in [1.165, 1.54) is 25.0 Å². The summed E-state index contributed by atoms with van der Waals surface area (Å²) in [5, 5.41) is 4.24. The van der Waals surface area contributed by atoms with Gasteiger partial charge in [-0.15, -0.1) is 0 Å². The molecule has 1 fully saturated rings. The third kappa shape index (κ3) is 3.06. The van der Waals surface area contributed by atoms with Gasteiger partial charge in [-0.1, -0.05) is 13.3 Å². The highest BCUT2D eigenvalue weighted by molar-refractivity contribution is 7.99. The monoisotopic (exact) mass is 251 g/mol. The summed E-state index contributed by atoms with van der Waals surface area (Å²) in [5.74, 6) is 2.04. The second-order valence-corrected chi connectivity index (χ2v) is 6.08. The molecule has 1 heterocycles. The molecule has 0 spiro atoms. The Balaban J connectivity index is 2.06. The van der Waals surface area contributed by atoms with E-state index in [2.05, 4.69) is 17.2 Å². The summed E-state index contributed by atoms with van der Waals surface area (Å²) >= 11 is 2.05. The van der Waals surface area contributed by atoms with Crippen LogP contribution in [0.5, 0.6) is 0 Å². The highest BCUT2D eigenvalue weighted by Gasteiger charge is 2.27. The molecule has 0 aromatic carbocycles. The topological polar surface area (TPSA) is 50.9 Å². The first-order chi connectivity index (χ1) is 8.20. The predicted molar refractivity (Wildman–Crippen MR) is 76.6 cm³/mol. The zero-order valence-electron chi connectivity index (χ0n) is 10.6. The van der Waals surface area contributed by atoms with Gasteiger partial charge in [-0.3, -0.25) is 0 Å². The Bertz CT molecular complexity index is 381. The zero-order valence-corrected chi connectivity index (χ0v) is 11.4. The van der Waals surface area contributed by atoms with Gasteiger partial charge in [-0.05, 0) is 37.7 Å². The fourth-order valence-corrected chi connectivity index (χ4v) is 3.56. The van der Waals surface area contributed by atoms with Crippen LogP contribution in [0.25, 0.3) is 0 Å². The summed E-state index contributed by atoms with van der Waals surface area (Å²) in [6.45, 7) is 4.22. The van der Waals surface area contributed by atoms with Crippen LogP contribution < -0.4 is 11.1 Å². The van der Waals surface area contributed by atoms with E-state index in [0.29, 0.717) is 11.3 Å². The van der Waals surface area contributed by atoms with E-state index in [-0.39, 0.29) is 0 Å². The van der Waals surface area contributed by atoms with Crippen LogP contribution >= 0.6 is 11.8 Å². The summed E-state index contributed by atoms with van der Waals surface area (Å²) in [4.78, 5) is 4.49. The highest BCUT2D eigenvalue weighted by Crippen LogP contribution is 2.32. The van der Waals surface area contributed by atoms with Crippen molar-refractivity contribution < 1.29 is 0 Å². The van der Waals surface area contributed by atoms with Crippen molar-refractivity contribution in [3.63, 3.8) is 0 Å². The van der Waals surface area contributed by atoms with Crippen LogP contribution in [-0.2, 0) is 0 Å². The van der Waals surface area contributed by atoms with Gasteiger partial charge >= 0.3 is 0 Å². The average Bonchev–Trinajstić information content (AvgIpc) is 2.72. The van der Waals surface area contributed by atoms with Crippen LogP contribution in [0.3, 0.4) is 0 Å². The molecule has 0 saturated heterocycles. The Labute approximate surface area is 108 Å². The van der Waals surface area contributed by atoms with Crippen molar-refractivity contribution >= 4 is 23.3 Å². The van der Waals surface area contributed by atoms with E-state index >= 15 is 0 Å². The van der Waals surface area contributed by atoms with Crippen molar-refractivity contribution in [1.82, 2.24) is 4.98 Å². The summed E-state index contributed by atoms with van der Waals surface area (Å²) in [6.07, 6.45) is 3.84. The van der Waals surface area contributed by atoms with E-state index in [4.69, 9.17) is 5.73 Å². The number of nitrogen functional groups attached to an aromatic ring is 1. The van der Waals surface area contributed by atoms with Crippen LogP contribution in [0.2, 0.25) is 0 Å². The molecule has 1 aromatic heterocycles. The van der Waals surface area contributed by atoms with Crippen molar-refractivity contribution in [3.8, 4) is 0 Å². The Hall–Kier alpha value is -0.900. The van der Waals surface area contributed by atoms with Gasteiger partial charge in [0.1, 0.15) is 5.82 Å². The number of rotatable bonds is 4. The number of hydrogen-bond acceptors (Lipinski definition) is 4. The summed E-state index contributed by atoms with van der Waals surface area (Å²) in [5.41, 5.74) is 7.72. The minimum absolute atomic E-state index is 0.525. The van der Waals surface area contributed by atoms with E-state index in [0.717, 1.165) is 17.2 Å². The maximum Gasteiger partial charge on any atom is 0.149 e. The first kappa shape index (κ1) is 12.6. The molecule has 94 valence electrons. The lowest BCUT2D eigenvalue weighted by Gasteiger charge is -2.21. The standard InChI is InChI=1S/C13H21N3S/c1-3-17-12-6-4-5-11(12)16-13-10(14)8-7-9(2)15-13/h7-8,11-12H,3-6,14H2,1-2H3,(H,15,16). The Kier molecular flexibility index (Phi) is 4.15. The van der Waals surface area contributed by atoms with Crippen LogP contribution in [0.15, 0.2) is 12.1 Å². The third-order valence-electron chi connectivity index (χ3n) is 3.22. The van der Waals surface area contributed by atoms with Crippen molar-refractivity contribution in [2.45, 2.75) is 44.4 Å². The molecule has 0 radical (unpaired) electrons.